The van der Waals surface area contributed by atoms with Crippen molar-refractivity contribution < 1.29 is 0 Å². The van der Waals surface area contributed by atoms with Crippen molar-refractivity contribution in [1.82, 2.24) is 0 Å². The molecule has 0 bridgehead atoms. The Kier molecular flexibility index (Phi) is 2.77. The number of hydrogen-bond donors (Lipinski definition) is 0. The van der Waals surface area contributed by atoms with Gasteiger partial charge >= 0.3 is 0 Å². The van der Waals surface area contributed by atoms with Gasteiger partial charge in [-0.2, -0.15) is 0 Å². The summed E-state index contributed by atoms with van der Waals surface area (Å²) >= 11 is 3.48. The Hall–Kier alpha value is 0.220. The lowest BCUT2D eigenvalue weighted by Gasteiger charge is -2.17. The lowest BCUT2D eigenvalue weighted by Crippen LogP contribution is -2.06. The molecule has 2 atom stereocenters. The second kappa shape index (κ2) is 3.40. The Morgan fingerprint density at radius 2 is 2.22 bits per heavy atom. The van der Waals surface area contributed by atoms with Crippen LogP contribution in [0.1, 0.15) is 19.8 Å². The van der Waals surface area contributed by atoms with Crippen LogP contribution < -0.4 is 0 Å². The highest BCUT2D eigenvalue weighted by Gasteiger charge is 2.09. The first kappa shape index (κ1) is 7.33. The van der Waals surface area contributed by atoms with E-state index in [0.29, 0.717) is 0 Å². The van der Waals surface area contributed by atoms with Gasteiger partial charge in [0.2, 0.25) is 0 Å². The fraction of sp³-hybridized carbons (Fsp3) is 0.750. The van der Waals surface area contributed by atoms with Gasteiger partial charge in [0.25, 0.3) is 0 Å². The molecular weight excluding hydrogens is 176 g/mol. The minimum atomic E-state index is 0.807. The van der Waals surface area contributed by atoms with Crippen molar-refractivity contribution in [3.63, 3.8) is 0 Å². The molecule has 0 saturated heterocycles. The molecule has 0 aromatic carbocycles. The topological polar surface area (TPSA) is 0 Å². The average molecular weight is 189 g/mol. The molecule has 1 aliphatic carbocycles. The highest BCUT2D eigenvalue weighted by molar-refractivity contribution is 9.09. The number of allylic oxidation sites excluding steroid dienone is 2. The van der Waals surface area contributed by atoms with E-state index in [9.17, 15) is 0 Å². The molecule has 0 saturated carbocycles. The zero-order chi connectivity index (χ0) is 6.69. The van der Waals surface area contributed by atoms with Crippen molar-refractivity contribution in [2.24, 2.45) is 11.8 Å². The maximum absolute atomic E-state index is 3.48. The summed E-state index contributed by atoms with van der Waals surface area (Å²) in [6.45, 7) is 2.28. The third-order valence-electron chi connectivity index (χ3n) is 1.90. The van der Waals surface area contributed by atoms with Gasteiger partial charge in [-0.15, -0.1) is 0 Å². The summed E-state index contributed by atoms with van der Waals surface area (Å²) in [5, 5.41) is 1.14. The van der Waals surface area contributed by atoms with E-state index in [1.54, 1.807) is 0 Å². The van der Waals surface area contributed by atoms with Crippen molar-refractivity contribution in [2.75, 3.05) is 5.33 Å². The van der Waals surface area contributed by atoms with Gasteiger partial charge < -0.3 is 0 Å². The van der Waals surface area contributed by atoms with Gasteiger partial charge in [0, 0.05) is 5.33 Å². The van der Waals surface area contributed by atoms with Crippen LogP contribution in [-0.2, 0) is 0 Å². The number of alkyl halides is 1. The first-order valence-corrected chi connectivity index (χ1v) is 4.69. The standard InChI is InChI=1S/C8H13Br/c1-7-2-4-8(6-9)5-3-7/h2,4,7-8H,3,5-6H2,1H3. The van der Waals surface area contributed by atoms with Crippen molar-refractivity contribution >= 4 is 15.9 Å². The Morgan fingerprint density at radius 1 is 1.44 bits per heavy atom. The third kappa shape index (κ3) is 2.13. The van der Waals surface area contributed by atoms with Gasteiger partial charge in [-0.3, -0.25) is 0 Å². The van der Waals surface area contributed by atoms with E-state index in [-0.39, 0.29) is 0 Å². The fourth-order valence-corrected chi connectivity index (χ4v) is 1.68. The molecule has 0 nitrogen and oxygen atoms in total. The minimum absolute atomic E-state index is 0.807. The van der Waals surface area contributed by atoms with E-state index in [1.807, 2.05) is 0 Å². The number of rotatable bonds is 1. The molecule has 52 valence electrons. The number of halogens is 1. The molecule has 0 heterocycles. The molecule has 0 radical (unpaired) electrons. The molecule has 0 amide bonds. The van der Waals surface area contributed by atoms with Crippen molar-refractivity contribution in [1.29, 1.82) is 0 Å². The van der Waals surface area contributed by atoms with E-state index in [4.69, 9.17) is 0 Å². The highest BCUT2D eigenvalue weighted by atomic mass is 79.9. The molecule has 2 unspecified atom stereocenters. The molecule has 0 fully saturated rings. The second-order valence-electron chi connectivity index (χ2n) is 2.85. The monoisotopic (exact) mass is 188 g/mol. The molecule has 0 N–H and O–H groups in total. The molecule has 0 aromatic heterocycles. The molecule has 0 aliphatic heterocycles. The van der Waals surface area contributed by atoms with Gasteiger partial charge in [-0.25, -0.2) is 0 Å². The van der Waals surface area contributed by atoms with E-state index < -0.39 is 0 Å². The smallest absolute Gasteiger partial charge is 0.00943 e. The average Bonchev–Trinajstić information content (AvgIpc) is 1.90. The van der Waals surface area contributed by atoms with E-state index >= 15 is 0 Å². The third-order valence-corrected chi connectivity index (χ3v) is 2.73. The highest BCUT2D eigenvalue weighted by Crippen LogP contribution is 2.22. The minimum Gasteiger partial charge on any atom is -0.0922 e. The summed E-state index contributed by atoms with van der Waals surface area (Å²) in [7, 11) is 0. The maximum atomic E-state index is 3.48. The Bertz CT molecular complexity index is 107. The van der Waals surface area contributed by atoms with Gasteiger partial charge in [0.1, 0.15) is 0 Å². The SMILES string of the molecule is CC1C=CC(CBr)CC1. The van der Waals surface area contributed by atoms with E-state index in [1.165, 1.54) is 12.8 Å². The fourth-order valence-electron chi connectivity index (χ4n) is 1.14. The van der Waals surface area contributed by atoms with Gasteiger partial charge in [-0.05, 0) is 24.7 Å². The van der Waals surface area contributed by atoms with Crippen molar-refractivity contribution in [3.05, 3.63) is 12.2 Å². The second-order valence-corrected chi connectivity index (χ2v) is 3.50. The first-order valence-electron chi connectivity index (χ1n) is 3.57. The zero-order valence-electron chi connectivity index (χ0n) is 5.81. The molecule has 9 heavy (non-hydrogen) atoms. The van der Waals surface area contributed by atoms with Gasteiger partial charge in [0.05, 0.1) is 0 Å². The Balaban J connectivity index is 2.38. The van der Waals surface area contributed by atoms with Crippen LogP contribution >= 0.6 is 15.9 Å². The summed E-state index contributed by atoms with van der Waals surface area (Å²) in [4.78, 5) is 0. The lowest BCUT2D eigenvalue weighted by atomic mass is 9.91. The summed E-state index contributed by atoms with van der Waals surface area (Å²) in [6, 6.07) is 0. The molecule has 1 aliphatic rings. The van der Waals surface area contributed by atoms with Crippen LogP contribution in [0.4, 0.5) is 0 Å². The molecular formula is C8H13Br. The summed E-state index contributed by atoms with van der Waals surface area (Å²) in [5.41, 5.74) is 0. The lowest BCUT2D eigenvalue weighted by molar-refractivity contribution is 0.509. The summed E-state index contributed by atoms with van der Waals surface area (Å²) in [5.74, 6) is 1.63. The number of hydrogen-bond acceptors (Lipinski definition) is 0. The van der Waals surface area contributed by atoms with Gasteiger partial charge in [0.15, 0.2) is 0 Å². The largest absolute Gasteiger partial charge is 0.0922 e. The molecule has 0 spiro atoms. The van der Waals surface area contributed by atoms with Crippen LogP contribution in [0.5, 0.6) is 0 Å². The van der Waals surface area contributed by atoms with Crippen LogP contribution in [0.3, 0.4) is 0 Å². The maximum Gasteiger partial charge on any atom is 0.00943 e. The van der Waals surface area contributed by atoms with Crippen molar-refractivity contribution in [3.8, 4) is 0 Å². The molecule has 1 heteroatoms. The van der Waals surface area contributed by atoms with Gasteiger partial charge in [-0.1, -0.05) is 35.0 Å². The molecule has 0 aromatic rings. The van der Waals surface area contributed by atoms with Crippen LogP contribution in [-0.4, -0.2) is 5.33 Å². The van der Waals surface area contributed by atoms with Crippen molar-refractivity contribution in [2.45, 2.75) is 19.8 Å². The predicted molar refractivity (Wildman–Crippen MR) is 44.8 cm³/mol. The predicted octanol–water partition coefficient (Wildman–Crippen LogP) is 2.98. The first-order chi connectivity index (χ1) is 4.33. The normalized spacial score (nSPS) is 34.9. The Labute approximate surface area is 65.5 Å². The quantitative estimate of drug-likeness (QED) is 0.439. The van der Waals surface area contributed by atoms with E-state index in [2.05, 4.69) is 35.0 Å². The van der Waals surface area contributed by atoms with Crippen LogP contribution in [0.15, 0.2) is 12.2 Å². The van der Waals surface area contributed by atoms with E-state index in [0.717, 1.165) is 17.2 Å². The van der Waals surface area contributed by atoms with Crippen LogP contribution in [0.2, 0.25) is 0 Å². The Morgan fingerprint density at radius 3 is 2.67 bits per heavy atom. The van der Waals surface area contributed by atoms with Crippen LogP contribution in [0, 0.1) is 11.8 Å². The summed E-state index contributed by atoms with van der Waals surface area (Å²) in [6.07, 6.45) is 7.40. The van der Waals surface area contributed by atoms with Crippen LogP contribution in [0.25, 0.3) is 0 Å². The molecule has 1 rings (SSSR count). The zero-order valence-corrected chi connectivity index (χ0v) is 7.39. The summed E-state index contributed by atoms with van der Waals surface area (Å²) < 4.78 is 0.